The van der Waals surface area contributed by atoms with Crippen molar-refractivity contribution >= 4 is 47.3 Å². The SMILES string of the molecule is CSCCC(NC(=O)C(C)NC(=O)C(N)CC(N)=O)C(=O)NC(CCC(=O)O)C(=O)O. The van der Waals surface area contributed by atoms with E-state index in [-0.39, 0.29) is 12.8 Å². The Morgan fingerprint density at radius 2 is 1.48 bits per heavy atom. The summed E-state index contributed by atoms with van der Waals surface area (Å²) in [6, 6.07) is -4.92. The molecule has 14 heteroatoms. The van der Waals surface area contributed by atoms with Crippen molar-refractivity contribution < 1.29 is 39.0 Å². The molecule has 0 aliphatic heterocycles. The highest BCUT2D eigenvalue weighted by Crippen LogP contribution is 2.05. The molecule has 9 N–H and O–H groups in total. The van der Waals surface area contributed by atoms with Crippen LogP contribution in [-0.2, 0) is 28.8 Å². The molecule has 0 fully saturated rings. The summed E-state index contributed by atoms with van der Waals surface area (Å²) in [5.41, 5.74) is 10.5. The largest absolute Gasteiger partial charge is 0.481 e. The molecule has 4 atom stereocenters. The first-order valence-electron chi connectivity index (χ1n) is 9.27. The monoisotopic (exact) mass is 463 g/mol. The Kier molecular flexibility index (Phi) is 12.9. The van der Waals surface area contributed by atoms with Gasteiger partial charge in [-0.2, -0.15) is 11.8 Å². The number of nitrogens with two attached hydrogens (primary N) is 2. The standard InChI is InChI=1S/C17H29N5O8S/c1-8(20-15(27)9(18)7-12(19)23)14(26)21-10(5-6-31-2)16(28)22-11(17(29)30)3-4-13(24)25/h8-11H,3-7,18H2,1-2H3,(H2,19,23)(H,20,27)(H,21,26)(H,22,28)(H,24,25)(H,29,30). The minimum atomic E-state index is -1.44. The lowest BCUT2D eigenvalue weighted by molar-refractivity contribution is -0.143. The second-order valence-corrected chi connectivity index (χ2v) is 7.67. The van der Waals surface area contributed by atoms with Crippen molar-refractivity contribution in [2.45, 2.75) is 56.8 Å². The zero-order valence-electron chi connectivity index (χ0n) is 17.3. The molecular weight excluding hydrogens is 434 g/mol. The fourth-order valence-corrected chi connectivity index (χ4v) is 2.77. The van der Waals surface area contributed by atoms with E-state index in [1.165, 1.54) is 18.7 Å². The molecule has 0 aromatic heterocycles. The van der Waals surface area contributed by atoms with Crippen LogP contribution in [0, 0.1) is 0 Å². The molecule has 0 radical (unpaired) electrons. The van der Waals surface area contributed by atoms with Crippen molar-refractivity contribution in [2.75, 3.05) is 12.0 Å². The number of carbonyl (C=O) groups excluding carboxylic acids is 4. The van der Waals surface area contributed by atoms with Crippen LogP contribution >= 0.6 is 11.8 Å². The summed E-state index contributed by atoms with van der Waals surface area (Å²) in [5, 5.41) is 24.8. The Morgan fingerprint density at radius 3 is 1.97 bits per heavy atom. The van der Waals surface area contributed by atoms with Gasteiger partial charge in [0.15, 0.2) is 0 Å². The molecule has 0 aromatic carbocycles. The van der Waals surface area contributed by atoms with Crippen LogP contribution in [0.2, 0.25) is 0 Å². The van der Waals surface area contributed by atoms with Gasteiger partial charge in [-0.15, -0.1) is 0 Å². The summed E-state index contributed by atoms with van der Waals surface area (Å²) < 4.78 is 0. The molecule has 4 unspecified atom stereocenters. The maximum absolute atomic E-state index is 12.5. The first-order chi connectivity index (χ1) is 14.4. The number of nitrogens with one attached hydrogen (secondary N) is 3. The molecule has 0 saturated heterocycles. The second kappa shape index (κ2) is 14.2. The highest BCUT2D eigenvalue weighted by atomic mass is 32.2. The number of primary amides is 1. The summed E-state index contributed by atoms with van der Waals surface area (Å²) in [7, 11) is 0. The molecule has 0 rings (SSSR count). The molecule has 4 amide bonds. The van der Waals surface area contributed by atoms with Crippen LogP contribution in [0.5, 0.6) is 0 Å². The van der Waals surface area contributed by atoms with E-state index in [1.807, 2.05) is 0 Å². The number of aliphatic carboxylic acids is 2. The van der Waals surface area contributed by atoms with Gasteiger partial charge in [-0.05, 0) is 31.8 Å². The van der Waals surface area contributed by atoms with Crippen LogP contribution in [-0.4, -0.2) is 82.0 Å². The van der Waals surface area contributed by atoms with Gasteiger partial charge in [0, 0.05) is 6.42 Å². The number of amides is 4. The Balaban J connectivity index is 5.08. The van der Waals surface area contributed by atoms with Gasteiger partial charge in [0.05, 0.1) is 12.5 Å². The normalized spacial score (nSPS) is 14.4. The van der Waals surface area contributed by atoms with E-state index in [1.54, 1.807) is 6.26 Å². The smallest absolute Gasteiger partial charge is 0.326 e. The van der Waals surface area contributed by atoms with Crippen molar-refractivity contribution in [3.63, 3.8) is 0 Å². The molecule has 0 aliphatic carbocycles. The average molecular weight is 464 g/mol. The van der Waals surface area contributed by atoms with Crippen molar-refractivity contribution in [3.8, 4) is 0 Å². The molecule has 0 heterocycles. The molecule has 0 spiro atoms. The summed E-state index contributed by atoms with van der Waals surface area (Å²) >= 11 is 1.39. The Hall–Kier alpha value is -2.87. The quantitative estimate of drug-likeness (QED) is 0.133. The van der Waals surface area contributed by atoms with Gasteiger partial charge in [0.2, 0.25) is 23.6 Å². The lowest BCUT2D eigenvalue weighted by Gasteiger charge is -2.23. The Labute approximate surface area is 183 Å². The first kappa shape index (κ1) is 28.1. The van der Waals surface area contributed by atoms with Crippen LogP contribution in [0.1, 0.15) is 32.6 Å². The van der Waals surface area contributed by atoms with E-state index in [4.69, 9.17) is 16.6 Å². The van der Waals surface area contributed by atoms with Crippen molar-refractivity contribution in [3.05, 3.63) is 0 Å². The molecule has 31 heavy (non-hydrogen) atoms. The molecule has 0 bridgehead atoms. The zero-order valence-corrected chi connectivity index (χ0v) is 18.1. The predicted octanol–water partition coefficient (Wildman–Crippen LogP) is -2.63. The summed E-state index contributed by atoms with van der Waals surface area (Å²) in [5.74, 6) is -5.28. The van der Waals surface area contributed by atoms with Crippen molar-refractivity contribution in [2.24, 2.45) is 11.5 Å². The zero-order chi connectivity index (χ0) is 24.1. The topological polar surface area (TPSA) is 231 Å². The maximum atomic E-state index is 12.5. The van der Waals surface area contributed by atoms with E-state index >= 15 is 0 Å². The fourth-order valence-electron chi connectivity index (χ4n) is 2.29. The van der Waals surface area contributed by atoms with E-state index < -0.39 is 72.6 Å². The number of rotatable bonds is 15. The highest BCUT2D eigenvalue weighted by Gasteiger charge is 2.29. The van der Waals surface area contributed by atoms with Crippen LogP contribution in [0.25, 0.3) is 0 Å². The van der Waals surface area contributed by atoms with E-state index in [0.717, 1.165) is 0 Å². The molecule has 0 aliphatic rings. The number of hydrogen-bond donors (Lipinski definition) is 7. The second-order valence-electron chi connectivity index (χ2n) is 6.68. The van der Waals surface area contributed by atoms with Crippen molar-refractivity contribution in [1.29, 1.82) is 0 Å². The summed E-state index contributed by atoms with van der Waals surface area (Å²) in [6.07, 6.45) is 0.724. The van der Waals surface area contributed by atoms with Gasteiger partial charge >= 0.3 is 11.9 Å². The molecule has 176 valence electrons. The third kappa shape index (κ3) is 11.8. The number of thioether (sulfide) groups is 1. The van der Waals surface area contributed by atoms with Gasteiger partial charge in [0.1, 0.15) is 18.1 Å². The minimum Gasteiger partial charge on any atom is -0.481 e. The minimum absolute atomic E-state index is 0.159. The van der Waals surface area contributed by atoms with Crippen molar-refractivity contribution in [1.82, 2.24) is 16.0 Å². The third-order valence-electron chi connectivity index (χ3n) is 4.02. The number of carboxylic acids is 2. The van der Waals surface area contributed by atoms with Crippen LogP contribution in [0.4, 0.5) is 0 Å². The molecule has 13 nitrogen and oxygen atoms in total. The third-order valence-corrected chi connectivity index (χ3v) is 4.66. The van der Waals surface area contributed by atoms with Gasteiger partial charge < -0.3 is 37.6 Å². The van der Waals surface area contributed by atoms with E-state index in [9.17, 15) is 33.9 Å². The number of carbonyl (C=O) groups is 6. The maximum Gasteiger partial charge on any atom is 0.326 e. The van der Waals surface area contributed by atoms with Gasteiger partial charge in [-0.25, -0.2) is 4.79 Å². The van der Waals surface area contributed by atoms with Crippen LogP contribution < -0.4 is 27.4 Å². The summed E-state index contributed by atoms with van der Waals surface area (Å²) in [4.78, 5) is 69.6. The van der Waals surface area contributed by atoms with E-state index in [0.29, 0.717) is 5.75 Å². The van der Waals surface area contributed by atoms with Crippen LogP contribution in [0.3, 0.4) is 0 Å². The molecular formula is C17H29N5O8S. The lowest BCUT2D eigenvalue weighted by atomic mass is 10.1. The van der Waals surface area contributed by atoms with E-state index in [2.05, 4.69) is 16.0 Å². The molecule has 0 saturated carbocycles. The fraction of sp³-hybridized carbons (Fsp3) is 0.647. The van der Waals surface area contributed by atoms with Gasteiger partial charge in [0.25, 0.3) is 0 Å². The number of hydrogen-bond acceptors (Lipinski definition) is 8. The van der Waals surface area contributed by atoms with Gasteiger partial charge in [-0.3, -0.25) is 24.0 Å². The highest BCUT2D eigenvalue weighted by molar-refractivity contribution is 7.98. The molecule has 0 aromatic rings. The van der Waals surface area contributed by atoms with Gasteiger partial charge in [-0.1, -0.05) is 0 Å². The van der Waals surface area contributed by atoms with Crippen LogP contribution in [0.15, 0.2) is 0 Å². The predicted molar refractivity (Wildman–Crippen MR) is 111 cm³/mol. The summed E-state index contributed by atoms with van der Waals surface area (Å²) in [6.45, 7) is 1.33. The first-order valence-corrected chi connectivity index (χ1v) is 10.7. The lowest BCUT2D eigenvalue weighted by Crippen LogP contribution is -2.56. The Bertz CT molecular complexity index is 689. The average Bonchev–Trinajstić information content (AvgIpc) is 2.66. The number of carboxylic acid groups (broad SMARTS) is 2. The Morgan fingerprint density at radius 1 is 0.903 bits per heavy atom.